The summed E-state index contributed by atoms with van der Waals surface area (Å²) in [5.74, 6) is -4.39. The van der Waals surface area contributed by atoms with Gasteiger partial charge in [0.1, 0.15) is 12.1 Å². The van der Waals surface area contributed by atoms with Gasteiger partial charge in [-0.15, -0.1) is 0 Å². The fourth-order valence-electron chi connectivity index (χ4n) is 2.95. The second-order valence-corrected chi connectivity index (χ2v) is 8.79. The number of amides is 3. The minimum absolute atomic E-state index is 0.136. The molecule has 0 saturated heterocycles. The number of carbonyl (C=O) groups excluding carboxylic acids is 3. The van der Waals surface area contributed by atoms with Gasteiger partial charge < -0.3 is 37.0 Å². The van der Waals surface area contributed by atoms with Crippen LogP contribution in [0.1, 0.15) is 61.3 Å². The number of nitrogens with two attached hydrogens (primary N) is 1. The first-order valence-corrected chi connectivity index (χ1v) is 10.3. The average Bonchev–Trinajstić information content (AvgIpc) is 2.63. The van der Waals surface area contributed by atoms with Crippen molar-refractivity contribution >= 4 is 17.7 Å². The molecule has 8 N–H and O–H groups in total. The maximum absolute atomic E-state index is 12.7. The fourth-order valence-corrected chi connectivity index (χ4v) is 2.95. The van der Waals surface area contributed by atoms with Crippen LogP contribution in [0.5, 0.6) is 0 Å². The smallest absolute Gasteiger partial charge is 0.243 e. The third-order valence-electron chi connectivity index (χ3n) is 5.27. The molecular weight excluding hydrogens is 392 g/mol. The highest BCUT2D eigenvalue weighted by Crippen LogP contribution is 2.27. The van der Waals surface area contributed by atoms with E-state index in [4.69, 9.17) is 5.73 Å². The van der Waals surface area contributed by atoms with Crippen molar-refractivity contribution in [2.75, 3.05) is 6.61 Å². The molecule has 0 aliphatic carbocycles. The maximum atomic E-state index is 12.7. The molecule has 0 rings (SSSR count). The number of aliphatic hydroxyl groups excluding tert-OH is 1. The molecule has 0 aromatic heterocycles. The lowest BCUT2D eigenvalue weighted by Crippen LogP contribution is -2.72. The number of carbonyl (C=O) groups is 3. The van der Waals surface area contributed by atoms with Gasteiger partial charge in [-0.1, -0.05) is 34.1 Å². The molecule has 0 heterocycles. The predicted octanol–water partition coefficient (Wildman–Crippen LogP) is -1.04. The normalized spacial score (nSPS) is 18.0. The standard InChI is InChI=1S/C20H40N4O6/c1-8-12(4)16(20(29,30)19(7,21)10-25)24-17(27)13(5)22-18(28)15(9-11(2)3)23-14(6)26/h11-13,15-16,25,29-30H,8-10,21H2,1-7H3,(H,22,28)(H,23,26)(H,24,27)/t12-,13-,15-,16-,19-/m0/s1. The van der Waals surface area contributed by atoms with Gasteiger partial charge in [-0.05, 0) is 32.1 Å². The van der Waals surface area contributed by atoms with E-state index in [-0.39, 0.29) is 11.8 Å². The molecule has 10 heteroatoms. The van der Waals surface area contributed by atoms with Crippen LogP contribution in [-0.4, -0.2) is 69.1 Å². The van der Waals surface area contributed by atoms with Crippen LogP contribution in [0.15, 0.2) is 0 Å². The Labute approximate surface area is 179 Å². The molecule has 10 nitrogen and oxygen atoms in total. The topological polar surface area (TPSA) is 174 Å². The molecule has 5 atom stereocenters. The van der Waals surface area contributed by atoms with Gasteiger partial charge in [0, 0.05) is 6.92 Å². The van der Waals surface area contributed by atoms with Crippen molar-refractivity contribution in [2.45, 2.75) is 90.8 Å². The summed E-state index contributed by atoms with van der Waals surface area (Å²) in [6.45, 7) is 10.6. The minimum Gasteiger partial charge on any atom is -0.394 e. The van der Waals surface area contributed by atoms with Gasteiger partial charge in [-0.3, -0.25) is 14.4 Å². The summed E-state index contributed by atoms with van der Waals surface area (Å²) in [7, 11) is 0. The summed E-state index contributed by atoms with van der Waals surface area (Å²) in [5.41, 5.74) is 4.04. The van der Waals surface area contributed by atoms with E-state index in [2.05, 4.69) is 16.0 Å². The molecule has 0 aliphatic heterocycles. The average molecular weight is 433 g/mol. The highest BCUT2D eigenvalue weighted by Gasteiger charge is 2.51. The summed E-state index contributed by atoms with van der Waals surface area (Å²) < 4.78 is 0. The van der Waals surface area contributed by atoms with Crippen molar-refractivity contribution in [3.8, 4) is 0 Å². The molecule has 0 aromatic rings. The van der Waals surface area contributed by atoms with Crippen molar-refractivity contribution < 1.29 is 29.7 Å². The summed E-state index contributed by atoms with van der Waals surface area (Å²) in [6, 6.07) is -3.00. The van der Waals surface area contributed by atoms with Crippen molar-refractivity contribution in [1.29, 1.82) is 0 Å². The van der Waals surface area contributed by atoms with E-state index in [1.165, 1.54) is 20.8 Å². The second kappa shape index (κ2) is 11.6. The van der Waals surface area contributed by atoms with Crippen LogP contribution in [0, 0.1) is 11.8 Å². The van der Waals surface area contributed by atoms with E-state index < -0.39 is 53.8 Å². The Kier molecular flexibility index (Phi) is 10.9. The van der Waals surface area contributed by atoms with Gasteiger partial charge >= 0.3 is 0 Å². The molecule has 3 amide bonds. The number of aliphatic hydroxyl groups is 3. The van der Waals surface area contributed by atoms with Gasteiger partial charge in [-0.2, -0.15) is 0 Å². The Hall–Kier alpha value is -1.75. The van der Waals surface area contributed by atoms with E-state index in [9.17, 15) is 29.7 Å². The largest absolute Gasteiger partial charge is 0.394 e. The molecule has 0 unspecified atom stereocenters. The van der Waals surface area contributed by atoms with Crippen molar-refractivity contribution in [1.82, 2.24) is 16.0 Å². The fraction of sp³-hybridized carbons (Fsp3) is 0.850. The first-order valence-electron chi connectivity index (χ1n) is 10.3. The maximum Gasteiger partial charge on any atom is 0.243 e. The van der Waals surface area contributed by atoms with Crippen LogP contribution in [-0.2, 0) is 14.4 Å². The van der Waals surface area contributed by atoms with Crippen molar-refractivity contribution in [3.05, 3.63) is 0 Å². The summed E-state index contributed by atoms with van der Waals surface area (Å²) >= 11 is 0. The Morgan fingerprint density at radius 3 is 1.93 bits per heavy atom. The summed E-state index contributed by atoms with van der Waals surface area (Å²) in [6.07, 6.45) is 0.892. The van der Waals surface area contributed by atoms with Crippen molar-refractivity contribution in [2.24, 2.45) is 17.6 Å². The first kappa shape index (κ1) is 28.2. The third kappa shape index (κ3) is 7.82. The first-order chi connectivity index (χ1) is 13.6. The zero-order valence-corrected chi connectivity index (χ0v) is 19.2. The highest BCUT2D eigenvalue weighted by molar-refractivity contribution is 5.91. The monoisotopic (exact) mass is 432 g/mol. The van der Waals surface area contributed by atoms with Crippen LogP contribution in [0.3, 0.4) is 0 Å². The van der Waals surface area contributed by atoms with Gasteiger partial charge in [-0.25, -0.2) is 0 Å². The Balaban J connectivity index is 5.41. The van der Waals surface area contributed by atoms with E-state index in [1.807, 2.05) is 20.8 Å². The van der Waals surface area contributed by atoms with Gasteiger partial charge in [0.05, 0.1) is 18.2 Å². The van der Waals surface area contributed by atoms with Crippen molar-refractivity contribution in [3.63, 3.8) is 0 Å². The molecule has 176 valence electrons. The molecule has 0 aromatic carbocycles. The lowest BCUT2D eigenvalue weighted by molar-refractivity contribution is -0.240. The highest BCUT2D eigenvalue weighted by atomic mass is 16.5. The van der Waals surface area contributed by atoms with Crippen LogP contribution >= 0.6 is 0 Å². The molecule has 0 saturated carbocycles. The Morgan fingerprint density at radius 1 is 1.00 bits per heavy atom. The van der Waals surface area contributed by atoms with Crippen LogP contribution in [0.25, 0.3) is 0 Å². The SMILES string of the molecule is CC[C@H](C)[C@H](NC(=O)[C@H](C)NC(=O)[C@H](CC(C)C)NC(C)=O)C(O)(O)[C@@](C)(N)CO. The van der Waals surface area contributed by atoms with Crippen LogP contribution < -0.4 is 21.7 Å². The van der Waals surface area contributed by atoms with Crippen LogP contribution in [0.2, 0.25) is 0 Å². The lowest BCUT2D eigenvalue weighted by Gasteiger charge is -2.44. The molecule has 30 heavy (non-hydrogen) atoms. The number of hydrogen-bond donors (Lipinski definition) is 7. The Bertz CT molecular complexity index is 594. The Morgan fingerprint density at radius 2 is 1.53 bits per heavy atom. The van der Waals surface area contributed by atoms with E-state index in [0.29, 0.717) is 12.8 Å². The molecule has 0 spiro atoms. The van der Waals surface area contributed by atoms with Gasteiger partial charge in [0.2, 0.25) is 23.5 Å². The zero-order valence-electron chi connectivity index (χ0n) is 19.2. The molecule has 0 bridgehead atoms. The third-order valence-corrected chi connectivity index (χ3v) is 5.27. The zero-order chi connectivity index (χ0) is 23.9. The van der Waals surface area contributed by atoms with E-state index in [1.54, 1.807) is 6.92 Å². The second-order valence-electron chi connectivity index (χ2n) is 8.79. The predicted molar refractivity (Wildman–Crippen MR) is 113 cm³/mol. The summed E-state index contributed by atoms with van der Waals surface area (Å²) in [5, 5.41) is 38.4. The number of nitrogens with one attached hydrogen (secondary N) is 3. The summed E-state index contributed by atoms with van der Waals surface area (Å²) in [4.78, 5) is 36.6. The number of hydrogen-bond acceptors (Lipinski definition) is 7. The van der Waals surface area contributed by atoms with E-state index in [0.717, 1.165) is 0 Å². The molecule has 0 aliphatic rings. The lowest BCUT2D eigenvalue weighted by atomic mass is 9.80. The minimum atomic E-state index is -2.60. The molecular formula is C20H40N4O6. The molecule has 0 radical (unpaired) electrons. The molecule has 0 fully saturated rings. The quantitative estimate of drug-likeness (QED) is 0.193. The van der Waals surface area contributed by atoms with E-state index >= 15 is 0 Å². The number of rotatable bonds is 12. The van der Waals surface area contributed by atoms with Gasteiger partial charge in [0.15, 0.2) is 0 Å². The van der Waals surface area contributed by atoms with Crippen LogP contribution in [0.4, 0.5) is 0 Å². The van der Waals surface area contributed by atoms with Gasteiger partial charge in [0.25, 0.3) is 0 Å².